The number of fused-ring (bicyclic) bond motifs is 2. The average molecular weight is 386 g/mol. The van der Waals surface area contributed by atoms with Crippen molar-refractivity contribution in [2.24, 2.45) is 0 Å². The molecule has 0 saturated carbocycles. The van der Waals surface area contributed by atoms with E-state index in [2.05, 4.69) is 0 Å². The molecular formula is C21H22O7. The van der Waals surface area contributed by atoms with Crippen LogP contribution in [0, 0.1) is 0 Å². The maximum atomic E-state index is 12.5. The fourth-order valence-electron chi connectivity index (χ4n) is 3.13. The zero-order valence-electron chi connectivity index (χ0n) is 16.4. The zero-order chi connectivity index (χ0) is 20.6. The molecule has 0 spiro atoms. The molecule has 148 valence electrons. The van der Waals surface area contributed by atoms with E-state index in [1.165, 1.54) is 13.0 Å². The fraction of sp³-hybridized carbons (Fsp3) is 0.381. The van der Waals surface area contributed by atoms with Crippen LogP contribution >= 0.6 is 0 Å². The van der Waals surface area contributed by atoms with Crippen LogP contribution in [0.1, 0.15) is 46.3 Å². The van der Waals surface area contributed by atoms with Gasteiger partial charge in [-0.15, -0.1) is 0 Å². The van der Waals surface area contributed by atoms with Gasteiger partial charge in [0.1, 0.15) is 16.9 Å². The molecular weight excluding hydrogens is 364 g/mol. The van der Waals surface area contributed by atoms with Crippen molar-refractivity contribution in [3.63, 3.8) is 0 Å². The predicted molar refractivity (Wildman–Crippen MR) is 101 cm³/mol. The minimum absolute atomic E-state index is 0.350. The van der Waals surface area contributed by atoms with Crippen LogP contribution in [0.25, 0.3) is 11.0 Å². The lowest BCUT2D eigenvalue weighted by Gasteiger charge is -2.43. The van der Waals surface area contributed by atoms with Crippen molar-refractivity contribution < 1.29 is 28.2 Å². The predicted octanol–water partition coefficient (Wildman–Crippen LogP) is 3.45. The molecule has 1 aromatic heterocycles. The normalized spacial score (nSPS) is 20.8. The van der Waals surface area contributed by atoms with Gasteiger partial charge >= 0.3 is 17.6 Å². The van der Waals surface area contributed by atoms with Crippen LogP contribution < -0.4 is 10.4 Å². The Morgan fingerprint density at radius 1 is 1.14 bits per heavy atom. The number of esters is 2. The first-order valence-electron chi connectivity index (χ1n) is 8.90. The highest BCUT2D eigenvalue weighted by molar-refractivity contribution is 5.88. The van der Waals surface area contributed by atoms with Crippen molar-refractivity contribution in [2.45, 2.75) is 52.4 Å². The average Bonchev–Trinajstić information content (AvgIpc) is 2.61. The summed E-state index contributed by atoms with van der Waals surface area (Å²) in [6, 6.07) is 6.21. The second kappa shape index (κ2) is 7.14. The zero-order valence-corrected chi connectivity index (χ0v) is 16.4. The number of hydrogen-bond donors (Lipinski definition) is 0. The van der Waals surface area contributed by atoms with Crippen molar-refractivity contribution in [3.8, 4) is 5.75 Å². The first-order valence-corrected chi connectivity index (χ1v) is 8.90. The van der Waals surface area contributed by atoms with E-state index >= 15 is 0 Å². The molecule has 1 aliphatic rings. The van der Waals surface area contributed by atoms with Crippen molar-refractivity contribution in [3.05, 3.63) is 51.9 Å². The van der Waals surface area contributed by atoms with Gasteiger partial charge in [0, 0.05) is 35.6 Å². The summed E-state index contributed by atoms with van der Waals surface area (Å²) in [6.45, 7) is 8.13. The highest BCUT2D eigenvalue weighted by atomic mass is 16.6. The molecule has 0 aliphatic carbocycles. The minimum atomic E-state index is -0.990. The molecule has 0 fully saturated rings. The first-order chi connectivity index (χ1) is 13.1. The second-order valence-electron chi connectivity index (χ2n) is 7.22. The van der Waals surface area contributed by atoms with E-state index in [9.17, 15) is 14.4 Å². The van der Waals surface area contributed by atoms with Gasteiger partial charge < -0.3 is 18.6 Å². The third-order valence-corrected chi connectivity index (χ3v) is 4.67. The molecule has 0 N–H and O–H groups in total. The number of carbonyl (C=O) groups is 2. The Hall–Kier alpha value is -3.09. The Morgan fingerprint density at radius 3 is 2.50 bits per heavy atom. The van der Waals surface area contributed by atoms with Crippen LogP contribution in [0.3, 0.4) is 0 Å². The van der Waals surface area contributed by atoms with E-state index in [0.717, 1.165) is 0 Å². The minimum Gasteiger partial charge on any atom is -0.483 e. The van der Waals surface area contributed by atoms with Gasteiger partial charge in [-0.05, 0) is 39.8 Å². The monoisotopic (exact) mass is 386 g/mol. The van der Waals surface area contributed by atoms with Gasteiger partial charge in [-0.1, -0.05) is 6.08 Å². The highest BCUT2D eigenvalue weighted by Gasteiger charge is 2.48. The summed E-state index contributed by atoms with van der Waals surface area (Å²) in [5, 5.41) is 0.632. The van der Waals surface area contributed by atoms with Crippen molar-refractivity contribution in [1.29, 1.82) is 0 Å². The summed E-state index contributed by atoms with van der Waals surface area (Å²) in [7, 11) is 0. The third kappa shape index (κ3) is 3.65. The van der Waals surface area contributed by atoms with Gasteiger partial charge in [0.2, 0.25) is 0 Å². The number of rotatable bonds is 3. The Bertz CT molecular complexity index is 1030. The van der Waals surface area contributed by atoms with Crippen LogP contribution in [0.5, 0.6) is 5.75 Å². The van der Waals surface area contributed by atoms with E-state index in [-0.39, 0.29) is 0 Å². The lowest BCUT2D eigenvalue weighted by molar-refractivity contribution is -0.187. The van der Waals surface area contributed by atoms with Crippen molar-refractivity contribution in [1.82, 2.24) is 0 Å². The smallest absolute Gasteiger partial charge is 0.336 e. The van der Waals surface area contributed by atoms with E-state index < -0.39 is 35.4 Å². The number of benzene rings is 1. The molecule has 0 bridgehead atoms. The van der Waals surface area contributed by atoms with Gasteiger partial charge in [-0.25, -0.2) is 9.59 Å². The van der Waals surface area contributed by atoms with Crippen molar-refractivity contribution in [2.75, 3.05) is 0 Å². The number of hydrogen-bond acceptors (Lipinski definition) is 7. The standard InChI is InChI=1S/C21H22O7/c1-6-11(2)20(24)27-18-14-9-13-7-8-17(23)26-15(13)10-16(14)28-21(4,5)19(18)25-12(3)22/h6-10,18-19H,1-5H3/t18-,19-/m0/s1. The SMILES string of the molecule is CC=C(C)C(=O)O[C@H]1c2cc3ccc(=O)oc3cc2OC(C)(C)[C@H]1OC(C)=O. The summed E-state index contributed by atoms with van der Waals surface area (Å²) >= 11 is 0. The molecule has 28 heavy (non-hydrogen) atoms. The molecule has 7 nitrogen and oxygen atoms in total. The molecule has 2 aromatic rings. The van der Waals surface area contributed by atoms with Gasteiger partial charge in [0.25, 0.3) is 0 Å². The molecule has 7 heteroatoms. The van der Waals surface area contributed by atoms with Crippen LogP contribution in [0.2, 0.25) is 0 Å². The molecule has 0 radical (unpaired) electrons. The second-order valence-corrected chi connectivity index (χ2v) is 7.22. The van der Waals surface area contributed by atoms with E-state index in [1.807, 2.05) is 0 Å². The largest absolute Gasteiger partial charge is 0.483 e. The van der Waals surface area contributed by atoms with Gasteiger partial charge in [0.05, 0.1) is 0 Å². The molecule has 2 atom stereocenters. The topological polar surface area (TPSA) is 92.0 Å². The summed E-state index contributed by atoms with van der Waals surface area (Å²) in [6.07, 6.45) is -0.107. The highest BCUT2D eigenvalue weighted by Crippen LogP contribution is 2.45. The summed E-state index contributed by atoms with van der Waals surface area (Å²) in [4.78, 5) is 35.7. The molecule has 0 amide bonds. The van der Waals surface area contributed by atoms with Gasteiger partial charge in [-0.2, -0.15) is 0 Å². The number of carbonyl (C=O) groups excluding carboxylic acids is 2. The Labute approximate surface area is 161 Å². The summed E-state index contributed by atoms with van der Waals surface area (Å²) in [5.74, 6) is -0.639. The molecule has 3 rings (SSSR count). The fourth-order valence-corrected chi connectivity index (χ4v) is 3.13. The summed E-state index contributed by atoms with van der Waals surface area (Å²) in [5.41, 5.74) is -0.158. The van der Waals surface area contributed by atoms with E-state index in [1.54, 1.807) is 52.0 Å². The third-order valence-electron chi connectivity index (χ3n) is 4.67. The Balaban J connectivity index is 2.18. The number of ether oxygens (including phenoxy) is 3. The van der Waals surface area contributed by atoms with Gasteiger partial charge in [0.15, 0.2) is 12.2 Å². The lowest BCUT2D eigenvalue weighted by atomic mass is 9.87. The molecule has 1 aromatic carbocycles. The maximum absolute atomic E-state index is 12.5. The van der Waals surface area contributed by atoms with Crippen LogP contribution in [-0.4, -0.2) is 23.6 Å². The van der Waals surface area contributed by atoms with Crippen LogP contribution in [-0.2, 0) is 19.1 Å². The summed E-state index contributed by atoms with van der Waals surface area (Å²) < 4.78 is 22.5. The van der Waals surface area contributed by atoms with E-state index in [0.29, 0.717) is 27.9 Å². The first kappa shape index (κ1) is 19.7. The quantitative estimate of drug-likeness (QED) is 0.453. The van der Waals surface area contributed by atoms with Crippen LogP contribution in [0.4, 0.5) is 0 Å². The van der Waals surface area contributed by atoms with Gasteiger partial charge in [-0.3, -0.25) is 4.79 Å². The molecule has 1 aliphatic heterocycles. The number of allylic oxidation sites excluding steroid dienone is 1. The molecule has 0 unspecified atom stereocenters. The van der Waals surface area contributed by atoms with Crippen LogP contribution in [0.15, 0.2) is 45.1 Å². The molecule has 2 heterocycles. The lowest BCUT2D eigenvalue weighted by Crippen LogP contribution is -2.52. The van der Waals surface area contributed by atoms with E-state index in [4.69, 9.17) is 18.6 Å². The van der Waals surface area contributed by atoms with Crippen molar-refractivity contribution >= 4 is 22.9 Å². The maximum Gasteiger partial charge on any atom is 0.336 e. The Kier molecular flexibility index (Phi) is 5.02. The Morgan fingerprint density at radius 2 is 1.86 bits per heavy atom. The molecule has 0 saturated heterocycles.